The molecule has 0 amide bonds. The molecule has 0 bridgehead atoms. The highest BCUT2D eigenvalue weighted by molar-refractivity contribution is 7.80. The number of halogens is 1. The maximum atomic E-state index is 13.0. The fraction of sp³-hybridized carbons (Fsp3) is 0.174. The Morgan fingerprint density at radius 3 is 2.53 bits per heavy atom. The molecule has 1 N–H and O–H groups in total. The largest absolute Gasteiger partial charge is 0.493 e. The zero-order valence-electron chi connectivity index (χ0n) is 16.3. The number of hydrogen-bond acceptors (Lipinski definition) is 5. The molecule has 1 heterocycles. The number of ether oxygens (including phenoxy) is 4. The first-order chi connectivity index (χ1) is 14.6. The molecule has 0 saturated heterocycles. The molecule has 0 fully saturated rings. The van der Waals surface area contributed by atoms with Crippen LogP contribution < -0.4 is 24.3 Å². The molecule has 0 atom stereocenters. The molecule has 3 aromatic rings. The van der Waals surface area contributed by atoms with Crippen molar-refractivity contribution in [2.75, 3.05) is 13.9 Å². The van der Waals surface area contributed by atoms with Gasteiger partial charge in [-0.3, -0.25) is 0 Å². The van der Waals surface area contributed by atoms with Gasteiger partial charge in [0.05, 0.1) is 7.11 Å². The minimum absolute atomic E-state index is 0.250. The molecule has 1 aliphatic heterocycles. The van der Waals surface area contributed by atoms with Crippen LogP contribution in [0.3, 0.4) is 0 Å². The highest BCUT2D eigenvalue weighted by atomic mass is 32.1. The van der Waals surface area contributed by atoms with Gasteiger partial charge in [-0.2, -0.15) is 0 Å². The first-order valence-corrected chi connectivity index (χ1v) is 9.75. The van der Waals surface area contributed by atoms with Crippen molar-refractivity contribution in [3.8, 4) is 23.0 Å². The van der Waals surface area contributed by atoms with Crippen molar-refractivity contribution >= 4 is 17.2 Å². The van der Waals surface area contributed by atoms with Crippen molar-refractivity contribution in [3.63, 3.8) is 0 Å². The van der Waals surface area contributed by atoms with Gasteiger partial charge in [0.25, 0.3) is 0 Å². The summed E-state index contributed by atoms with van der Waals surface area (Å²) < 4.78 is 35.0. The van der Waals surface area contributed by atoms with Crippen LogP contribution in [0, 0.1) is 5.82 Å². The van der Waals surface area contributed by atoms with Crippen molar-refractivity contribution in [2.45, 2.75) is 13.2 Å². The van der Waals surface area contributed by atoms with E-state index in [0.29, 0.717) is 29.6 Å². The summed E-state index contributed by atoms with van der Waals surface area (Å²) in [5.74, 6) is 2.38. The molecule has 0 spiro atoms. The molecule has 7 heteroatoms. The molecule has 30 heavy (non-hydrogen) atoms. The standard InChI is InChI=1S/C23H20FNO4S/c1-26-21-11-17(5-9-19(21)27-13-15-2-6-18(24)7-3-15)23(30)25-12-16-4-8-20-22(10-16)29-14-28-20/h2-11H,12-14H2,1H3,(H,25,30). The van der Waals surface area contributed by atoms with Gasteiger partial charge in [-0.25, -0.2) is 4.39 Å². The molecule has 4 rings (SSSR count). The van der Waals surface area contributed by atoms with Crippen LogP contribution in [0.5, 0.6) is 23.0 Å². The van der Waals surface area contributed by atoms with Crippen molar-refractivity contribution in [1.82, 2.24) is 5.32 Å². The fourth-order valence-corrected chi connectivity index (χ4v) is 3.20. The lowest BCUT2D eigenvalue weighted by atomic mass is 10.1. The Balaban J connectivity index is 1.38. The number of rotatable bonds is 7. The minimum atomic E-state index is -0.276. The Bertz CT molecular complexity index is 1060. The van der Waals surface area contributed by atoms with Crippen LogP contribution >= 0.6 is 12.2 Å². The number of hydrogen-bond donors (Lipinski definition) is 1. The molecule has 0 aliphatic carbocycles. The summed E-state index contributed by atoms with van der Waals surface area (Å²) >= 11 is 5.52. The van der Waals surface area contributed by atoms with Gasteiger partial charge in [-0.1, -0.05) is 30.4 Å². The van der Waals surface area contributed by atoms with Crippen LogP contribution in [-0.4, -0.2) is 18.9 Å². The first kappa shape index (κ1) is 20.0. The predicted octanol–water partition coefficient (Wildman–Crippen LogP) is 4.61. The lowest BCUT2D eigenvalue weighted by Gasteiger charge is -2.14. The Morgan fingerprint density at radius 1 is 0.967 bits per heavy atom. The molecule has 154 valence electrons. The molecular formula is C23H20FNO4S. The third-order valence-electron chi connectivity index (χ3n) is 4.62. The average molecular weight is 425 g/mol. The van der Waals surface area contributed by atoms with Crippen LogP contribution in [0.15, 0.2) is 60.7 Å². The molecule has 5 nitrogen and oxygen atoms in total. The Labute approximate surface area is 179 Å². The third kappa shape index (κ3) is 4.63. The number of thiocarbonyl (C=S) groups is 1. The Kier molecular flexibility index (Phi) is 5.99. The summed E-state index contributed by atoms with van der Waals surface area (Å²) in [6.07, 6.45) is 0. The van der Waals surface area contributed by atoms with E-state index >= 15 is 0 Å². The summed E-state index contributed by atoms with van der Waals surface area (Å²) in [6, 6.07) is 17.5. The van der Waals surface area contributed by atoms with E-state index < -0.39 is 0 Å². The van der Waals surface area contributed by atoms with E-state index in [4.69, 9.17) is 31.2 Å². The quantitative estimate of drug-likeness (QED) is 0.558. The van der Waals surface area contributed by atoms with Crippen molar-refractivity contribution in [3.05, 3.63) is 83.2 Å². The maximum absolute atomic E-state index is 13.0. The fourth-order valence-electron chi connectivity index (χ4n) is 3.01. The van der Waals surface area contributed by atoms with Gasteiger partial charge < -0.3 is 24.3 Å². The first-order valence-electron chi connectivity index (χ1n) is 9.34. The van der Waals surface area contributed by atoms with Crippen LogP contribution in [0.2, 0.25) is 0 Å². The van der Waals surface area contributed by atoms with Crippen LogP contribution in [0.1, 0.15) is 16.7 Å². The Morgan fingerprint density at radius 2 is 1.73 bits per heavy atom. The normalized spacial score (nSPS) is 11.8. The van der Waals surface area contributed by atoms with E-state index in [1.165, 1.54) is 12.1 Å². The third-order valence-corrected chi connectivity index (χ3v) is 5.00. The van der Waals surface area contributed by atoms with Gasteiger partial charge in [0.1, 0.15) is 17.4 Å². The van der Waals surface area contributed by atoms with Crippen LogP contribution in [-0.2, 0) is 13.2 Å². The molecule has 1 aliphatic rings. The van der Waals surface area contributed by atoms with Gasteiger partial charge in [0.2, 0.25) is 6.79 Å². The summed E-state index contributed by atoms with van der Waals surface area (Å²) in [5.41, 5.74) is 2.72. The zero-order valence-corrected chi connectivity index (χ0v) is 17.1. The molecule has 3 aromatic carbocycles. The van der Waals surface area contributed by atoms with Gasteiger partial charge in [0.15, 0.2) is 23.0 Å². The summed E-state index contributed by atoms with van der Waals surface area (Å²) in [5, 5.41) is 3.24. The van der Waals surface area contributed by atoms with E-state index in [1.54, 1.807) is 19.2 Å². The predicted molar refractivity (Wildman–Crippen MR) is 115 cm³/mol. The van der Waals surface area contributed by atoms with Crippen molar-refractivity contribution < 1.29 is 23.3 Å². The van der Waals surface area contributed by atoms with Gasteiger partial charge >= 0.3 is 0 Å². The van der Waals surface area contributed by atoms with E-state index in [1.807, 2.05) is 36.4 Å². The monoisotopic (exact) mass is 425 g/mol. The van der Waals surface area contributed by atoms with Crippen LogP contribution in [0.25, 0.3) is 0 Å². The smallest absolute Gasteiger partial charge is 0.231 e. The topological polar surface area (TPSA) is 49.0 Å². The van der Waals surface area contributed by atoms with Crippen molar-refractivity contribution in [2.24, 2.45) is 0 Å². The second-order valence-corrected chi connectivity index (χ2v) is 7.06. The van der Waals surface area contributed by atoms with E-state index in [0.717, 1.165) is 28.2 Å². The van der Waals surface area contributed by atoms with Gasteiger partial charge in [-0.05, 0) is 53.6 Å². The van der Waals surface area contributed by atoms with Gasteiger partial charge in [0, 0.05) is 12.1 Å². The van der Waals surface area contributed by atoms with E-state index in [2.05, 4.69) is 5.32 Å². The SMILES string of the molecule is COc1cc(C(=S)NCc2ccc3c(c2)OCO3)ccc1OCc1ccc(F)cc1. The highest BCUT2D eigenvalue weighted by Crippen LogP contribution is 2.32. The van der Waals surface area contributed by atoms with Crippen molar-refractivity contribution in [1.29, 1.82) is 0 Å². The van der Waals surface area contributed by atoms with Crippen LogP contribution in [0.4, 0.5) is 4.39 Å². The van der Waals surface area contributed by atoms with E-state index in [9.17, 15) is 4.39 Å². The summed E-state index contributed by atoms with van der Waals surface area (Å²) in [6.45, 7) is 1.11. The zero-order chi connectivity index (χ0) is 20.9. The number of nitrogens with one attached hydrogen (secondary N) is 1. The second-order valence-electron chi connectivity index (χ2n) is 6.65. The van der Waals surface area contributed by atoms with E-state index in [-0.39, 0.29) is 12.6 Å². The summed E-state index contributed by atoms with van der Waals surface area (Å²) in [7, 11) is 1.58. The second kappa shape index (κ2) is 9.00. The average Bonchev–Trinajstić information content (AvgIpc) is 3.25. The lowest BCUT2D eigenvalue weighted by molar-refractivity contribution is 0.174. The number of methoxy groups -OCH3 is 1. The molecular weight excluding hydrogens is 405 g/mol. The number of fused-ring (bicyclic) bond motifs is 1. The molecule has 0 unspecified atom stereocenters. The Hall–Kier alpha value is -3.32. The molecule has 0 saturated carbocycles. The highest BCUT2D eigenvalue weighted by Gasteiger charge is 2.14. The number of benzene rings is 3. The summed E-state index contributed by atoms with van der Waals surface area (Å²) in [4.78, 5) is 0.594. The molecule has 0 aromatic heterocycles. The molecule has 0 radical (unpaired) electrons. The minimum Gasteiger partial charge on any atom is -0.493 e. The maximum Gasteiger partial charge on any atom is 0.231 e. The lowest BCUT2D eigenvalue weighted by Crippen LogP contribution is -2.21. The van der Waals surface area contributed by atoms with Gasteiger partial charge in [-0.15, -0.1) is 0 Å².